The maximum Gasteiger partial charge on any atom is 0.135 e. The lowest BCUT2D eigenvalue weighted by Gasteiger charge is -2.19. The van der Waals surface area contributed by atoms with E-state index in [4.69, 9.17) is 0 Å². The Morgan fingerprint density at radius 1 is 1.36 bits per heavy atom. The van der Waals surface area contributed by atoms with E-state index in [0.29, 0.717) is 5.78 Å². The SMILES string of the molecule is C.CCCCC(C)(C)C(C)=O. The van der Waals surface area contributed by atoms with E-state index in [0.717, 1.165) is 12.8 Å². The second kappa shape index (κ2) is 5.34. The molecule has 0 spiro atoms. The minimum absolute atomic E-state index is 0. The molecule has 0 atom stereocenters. The molecule has 11 heavy (non-hydrogen) atoms. The molecule has 0 bridgehead atoms. The highest BCUT2D eigenvalue weighted by Crippen LogP contribution is 2.23. The van der Waals surface area contributed by atoms with Gasteiger partial charge in [-0.05, 0) is 13.3 Å². The van der Waals surface area contributed by atoms with Crippen molar-refractivity contribution in [1.82, 2.24) is 0 Å². The molecule has 68 valence electrons. The van der Waals surface area contributed by atoms with Gasteiger partial charge in [-0.25, -0.2) is 0 Å². The Bertz CT molecular complexity index is 114. The van der Waals surface area contributed by atoms with Gasteiger partial charge < -0.3 is 0 Å². The van der Waals surface area contributed by atoms with Crippen LogP contribution in [0.15, 0.2) is 0 Å². The molecule has 0 fully saturated rings. The van der Waals surface area contributed by atoms with Gasteiger partial charge >= 0.3 is 0 Å². The van der Waals surface area contributed by atoms with Crippen LogP contribution in [0, 0.1) is 5.41 Å². The standard InChI is InChI=1S/C9H18O.CH4/c1-5-6-7-9(3,4)8(2)10;/h5-7H2,1-4H3;1H4. The first-order chi connectivity index (χ1) is 4.50. The third kappa shape index (κ3) is 5.00. The summed E-state index contributed by atoms with van der Waals surface area (Å²) in [6, 6.07) is 0. The maximum atomic E-state index is 11.0. The summed E-state index contributed by atoms with van der Waals surface area (Å²) in [5.74, 6) is 0.306. The number of unbranched alkanes of at least 4 members (excludes halogenated alkanes) is 1. The molecule has 0 aromatic carbocycles. The van der Waals surface area contributed by atoms with Crippen LogP contribution < -0.4 is 0 Å². The van der Waals surface area contributed by atoms with Crippen LogP contribution in [0.1, 0.15) is 54.4 Å². The Labute approximate surface area is 71.2 Å². The van der Waals surface area contributed by atoms with Crippen molar-refractivity contribution in [2.75, 3.05) is 0 Å². The first-order valence-corrected chi connectivity index (χ1v) is 4.01. The molecule has 0 radical (unpaired) electrons. The average molecular weight is 158 g/mol. The van der Waals surface area contributed by atoms with Gasteiger partial charge in [-0.2, -0.15) is 0 Å². The number of carbonyl (C=O) groups excluding carboxylic acids is 1. The van der Waals surface area contributed by atoms with E-state index in [1.165, 1.54) is 6.42 Å². The highest BCUT2D eigenvalue weighted by molar-refractivity contribution is 5.81. The average Bonchev–Trinajstić information content (AvgIpc) is 1.84. The molecule has 0 aromatic rings. The first-order valence-electron chi connectivity index (χ1n) is 4.01. The van der Waals surface area contributed by atoms with E-state index < -0.39 is 0 Å². The fourth-order valence-electron chi connectivity index (χ4n) is 0.795. The van der Waals surface area contributed by atoms with Gasteiger partial charge in [0, 0.05) is 5.41 Å². The van der Waals surface area contributed by atoms with Crippen LogP contribution in [0.5, 0.6) is 0 Å². The molecule has 0 saturated heterocycles. The summed E-state index contributed by atoms with van der Waals surface area (Å²) in [6.45, 7) is 7.86. The molecule has 0 heterocycles. The van der Waals surface area contributed by atoms with Gasteiger partial charge in [-0.1, -0.05) is 41.0 Å². The summed E-state index contributed by atoms with van der Waals surface area (Å²) in [5.41, 5.74) is -0.0873. The van der Waals surface area contributed by atoms with Crippen molar-refractivity contribution in [3.63, 3.8) is 0 Å². The van der Waals surface area contributed by atoms with E-state index in [1.807, 2.05) is 13.8 Å². The van der Waals surface area contributed by atoms with Crippen LogP contribution in [0.4, 0.5) is 0 Å². The van der Waals surface area contributed by atoms with E-state index >= 15 is 0 Å². The molecule has 0 aromatic heterocycles. The third-order valence-electron chi connectivity index (χ3n) is 2.11. The molecule has 0 amide bonds. The van der Waals surface area contributed by atoms with Crippen molar-refractivity contribution >= 4 is 5.78 Å². The number of hydrogen-bond acceptors (Lipinski definition) is 1. The van der Waals surface area contributed by atoms with E-state index in [9.17, 15) is 4.79 Å². The minimum Gasteiger partial charge on any atom is -0.299 e. The number of ketones is 1. The van der Waals surface area contributed by atoms with Gasteiger partial charge in [-0.3, -0.25) is 4.79 Å². The molecule has 0 saturated carbocycles. The zero-order valence-corrected chi connectivity index (χ0v) is 7.53. The van der Waals surface area contributed by atoms with Gasteiger partial charge in [0.1, 0.15) is 5.78 Å². The monoisotopic (exact) mass is 158 g/mol. The number of rotatable bonds is 4. The molecular formula is C10H22O. The van der Waals surface area contributed by atoms with Gasteiger partial charge in [0.05, 0.1) is 0 Å². The second-order valence-corrected chi connectivity index (χ2v) is 3.54. The van der Waals surface area contributed by atoms with Gasteiger partial charge in [0.15, 0.2) is 0 Å². The lowest BCUT2D eigenvalue weighted by molar-refractivity contribution is -0.125. The lowest BCUT2D eigenvalue weighted by atomic mass is 9.84. The van der Waals surface area contributed by atoms with Crippen LogP contribution in [0.3, 0.4) is 0 Å². The summed E-state index contributed by atoms with van der Waals surface area (Å²) in [5, 5.41) is 0. The molecule has 0 rings (SSSR count). The highest BCUT2D eigenvalue weighted by Gasteiger charge is 2.21. The van der Waals surface area contributed by atoms with Crippen LogP contribution in [0.25, 0.3) is 0 Å². The quantitative estimate of drug-likeness (QED) is 0.612. The molecular weight excluding hydrogens is 136 g/mol. The molecule has 0 aliphatic heterocycles. The third-order valence-corrected chi connectivity index (χ3v) is 2.11. The van der Waals surface area contributed by atoms with E-state index in [-0.39, 0.29) is 12.8 Å². The zero-order chi connectivity index (χ0) is 8.20. The van der Waals surface area contributed by atoms with Crippen molar-refractivity contribution in [3.8, 4) is 0 Å². The topological polar surface area (TPSA) is 17.1 Å². The summed E-state index contributed by atoms with van der Waals surface area (Å²) in [4.78, 5) is 11.0. The van der Waals surface area contributed by atoms with Crippen LogP contribution >= 0.6 is 0 Å². The Kier molecular flexibility index (Phi) is 6.44. The van der Waals surface area contributed by atoms with Crippen molar-refractivity contribution in [2.45, 2.75) is 54.4 Å². The molecule has 1 heteroatoms. The number of hydrogen-bond donors (Lipinski definition) is 0. The fourth-order valence-corrected chi connectivity index (χ4v) is 0.795. The second-order valence-electron chi connectivity index (χ2n) is 3.54. The first kappa shape index (κ1) is 13.3. The predicted octanol–water partition coefficient (Wildman–Crippen LogP) is 3.43. The summed E-state index contributed by atoms with van der Waals surface area (Å²) in [7, 11) is 0. The molecule has 0 N–H and O–H groups in total. The molecule has 1 nitrogen and oxygen atoms in total. The smallest absolute Gasteiger partial charge is 0.135 e. The number of carbonyl (C=O) groups is 1. The summed E-state index contributed by atoms with van der Waals surface area (Å²) >= 11 is 0. The van der Waals surface area contributed by atoms with Gasteiger partial charge in [-0.15, -0.1) is 0 Å². The molecule has 0 unspecified atom stereocenters. The molecule has 0 aliphatic rings. The molecule has 0 aliphatic carbocycles. The normalized spacial score (nSPS) is 10.5. The Hall–Kier alpha value is -0.330. The summed E-state index contributed by atoms with van der Waals surface area (Å²) in [6.07, 6.45) is 3.36. The largest absolute Gasteiger partial charge is 0.299 e. The summed E-state index contributed by atoms with van der Waals surface area (Å²) < 4.78 is 0. The van der Waals surface area contributed by atoms with Crippen molar-refractivity contribution in [3.05, 3.63) is 0 Å². The highest BCUT2D eigenvalue weighted by atomic mass is 16.1. The van der Waals surface area contributed by atoms with Crippen LogP contribution in [-0.2, 0) is 4.79 Å². The predicted molar refractivity (Wildman–Crippen MR) is 50.7 cm³/mol. The van der Waals surface area contributed by atoms with Crippen molar-refractivity contribution in [2.24, 2.45) is 5.41 Å². The lowest BCUT2D eigenvalue weighted by Crippen LogP contribution is -2.20. The van der Waals surface area contributed by atoms with Crippen molar-refractivity contribution in [1.29, 1.82) is 0 Å². The number of Topliss-reactive ketones (excluding diaryl/α,β-unsaturated/α-hetero) is 1. The minimum atomic E-state index is -0.0873. The van der Waals surface area contributed by atoms with Crippen molar-refractivity contribution < 1.29 is 4.79 Å². The Morgan fingerprint density at radius 2 is 1.82 bits per heavy atom. The van der Waals surface area contributed by atoms with E-state index in [1.54, 1.807) is 6.92 Å². The maximum absolute atomic E-state index is 11.0. The Morgan fingerprint density at radius 3 is 2.09 bits per heavy atom. The Balaban J connectivity index is 0. The zero-order valence-electron chi connectivity index (χ0n) is 7.53. The van der Waals surface area contributed by atoms with Gasteiger partial charge in [0.25, 0.3) is 0 Å². The van der Waals surface area contributed by atoms with Gasteiger partial charge in [0.2, 0.25) is 0 Å². The van der Waals surface area contributed by atoms with Crippen LogP contribution in [0.2, 0.25) is 0 Å². The van der Waals surface area contributed by atoms with Crippen LogP contribution in [-0.4, -0.2) is 5.78 Å². The fraction of sp³-hybridized carbons (Fsp3) is 0.900. The van der Waals surface area contributed by atoms with E-state index in [2.05, 4.69) is 6.92 Å².